The van der Waals surface area contributed by atoms with Crippen LogP contribution < -0.4 is 0 Å². The van der Waals surface area contributed by atoms with Gasteiger partial charge in [-0.15, -0.1) is 0 Å². The Morgan fingerprint density at radius 2 is 1.93 bits per heavy atom. The molecule has 0 radical (unpaired) electrons. The smallest absolute Gasteiger partial charge is 0.305 e. The number of carbonyl (C=O) groups is 2. The van der Waals surface area contributed by atoms with Gasteiger partial charge in [-0.3, -0.25) is 9.59 Å². The van der Waals surface area contributed by atoms with E-state index in [2.05, 4.69) is 20.8 Å². The van der Waals surface area contributed by atoms with Gasteiger partial charge in [0, 0.05) is 17.8 Å². The average molecular weight is 405 g/mol. The lowest BCUT2D eigenvalue weighted by Crippen LogP contribution is -2.63. The number of methoxy groups -OCH3 is 1. The maximum Gasteiger partial charge on any atom is 0.305 e. The summed E-state index contributed by atoms with van der Waals surface area (Å²) < 4.78 is 4.82. The number of ketones is 1. The van der Waals surface area contributed by atoms with Gasteiger partial charge in [0.15, 0.2) is 5.78 Å². The van der Waals surface area contributed by atoms with E-state index in [1.807, 2.05) is 0 Å². The molecule has 4 aliphatic rings. The second-order valence-corrected chi connectivity index (χ2v) is 11.2. The van der Waals surface area contributed by atoms with E-state index < -0.39 is 11.5 Å². The quantitative estimate of drug-likeness (QED) is 0.685. The fourth-order valence-corrected chi connectivity index (χ4v) is 8.72. The number of aliphatic hydroxyl groups is 1. The molecule has 0 unspecified atom stereocenters. The van der Waals surface area contributed by atoms with Gasteiger partial charge in [-0.05, 0) is 80.0 Å². The van der Waals surface area contributed by atoms with Crippen LogP contribution in [0.5, 0.6) is 0 Å². The maximum atomic E-state index is 13.8. The van der Waals surface area contributed by atoms with E-state index in [9.17, 15) is 14.7 Å². The number of rotatable bonds is 4. The van der Waals surface area contributed by atoms with Crippen molar-refractivity contribution in [3.05, 3.63) is 0 Å². The molecule has 9 atom stereocenters. The molecule has 0 bridgehead atoms. The van der Waals surface area contributed by atoms with E-state index >= 15 is 0 Å². The number of esters is 1. The Balaban J connectivity index is 1.60. The molecule has 0 amide bonds. The van der Waals surface area contributed by atoms with Crippen LogP contribution in [0.2, 0.25) is 0 Å². The molecule has 0 aromatic rings. The molecule has 29 heavy (non-hydrogen) atoms. The highest BCUT2D eigenvalue weighted by Crippen LogP contribution is 2.67. The lowest BCUT2D eigenvalue weighted by atomic mass is 9.43. The topological polar surface area (TPSA) is 63.6 Å². The van der Waals surface area contributed by atoms with Gasteiger partial charge in [0.05, 0.1) is 7.11 Å². The standard InChI is InChI=1S/C25H40O4/c1-15(8-13-20(26)29-4)18-11-12-19-17-10-9-16-7-5-6-14-24(16,2)21(17)22(27)23(28)25(18,19)3/h15-19,21-22,27H,5-14H2,1-4H3/t15-,16+,17-,18-,19+,21-,22-,24-,25+/m0/s1. The number of aliphatic hydroxyl groups excluding tert-OH is 1. The van der Waals surface area contributed by atoms with E-state index in [4.69, 9.17) is 4.74 Å². The zero-order chi connectivity index (χ0) is 21.0. The molecule has 0 aromatic heterocycles. The van der Waals surface area contributed by atoms with Crippen molar-refractivity contribution in [2.45, 2.75) is 91.1 Å². The third kappa shape index (κ3) is 3.11. The Kier molecular flexibility index (Phi) is 5.63. The minimum Gasteiger partial charge on any atom is -0.469 e. The van der Waals surface area contributed by atoms with E-state index in [-0.39, 0.29) is 29.0 Å². The van der Waals surface area contributed by atoms with Gasteiger partial charge >= 0.3 is 5.97 Å². The van der Waals surface area contributed by atoms with Gasteiger partial charge in [-0.25, -0.2) is 0 Å². The molecule has 0 spiro atoms. The van der Waals surface area contributed by atoms with Gasteiger partial charge in [0.25, 0.3) is 0 Å². The Hall–Kier alpha value is -0.900. The SMILES string of the molecule is COC(=O)CC[C@H](C)[C@@H]1CC[C@@H]2[C@@H]3CC[C@H]4CCCC[C@]4(C)[C@@H]3[C@H](O)C(=O)[C@@]21C. The molecule has 4 heteroatoms. The van der Waals surface area contributed by atoms with Crippen molar-refractivity contribution in [1.82, 2.24) is 0 Å². The van der Waals surface area contributed by atoms with Gasteiger partial charge in [-0.2, -0.15) is 0 Å². The molecule has 0 aromatic carbocycles. The Morgan fingerprint density at radius 3 is 2.66 bits per heavy atom. The normalized spacial score (nSPS) is 47.7. The first kappa shape index (κ1) is 21.3. The van der Waals surface area contributed by atoms with Crippen molar-refractivity contribution in [3.8, 4) is 0 Å². The first-order valence-electron chi connectivity index (χ1n) is 12.0. The zero-order valence-electron chi connectivity index (χ0n) is 18.8. The van der Waals surface area contributed by atoms with Crippen LogP contribution in [-0.2, 0) is 14.3 Å². The zero-order valence-corrected chi connectivity index (χ0v) is 18.8. The van der Waals surface area contributed by atoms with Crippen molar-refractivity contribution in [2.24, 2.45) is 46.3 Å². The number of hydrogen-bond acceptors (Lipinski definition) is 4. The number of carbonyl (C=O) groups excluding carboxylic acids is 2. The van der Waals surface area contributed by atoms with Gasteiger partial charge < -0.3 is 9.84 Å². The number of fused-ring (bicyclic) bond motifs is 5. The van der Waals surface area contributed by atoms with Crippen molar-refractivity contribution in [3.63, 3.8) is 0 Å². The molecule has 0 saturated heterocycles. The van der Waals surface area contributed by atoms with E-state index in [0.717, 1.165) is 19.3 Å². The number of ether oxygens (including phenoxy) is 1. The largest absolute Gasteiger partial charge is 0.469 e. The number of Topliss-reactive ketones (excluding diaryl/α,β-unsaturated/α-hetero) is 1. The first-order chi connectivity index (χ1) is 13.7. The highest BCUT2D eigenvalue weighted by atomic mass is 16.5. The van der Waals surface area contributed by atoms with Crippen molar-refractivity contribution in [1.29, 1.82) is 0 Å². The van der Waals surface area contributed by atoms with Crippen LogP contribution in [0, 0.1) is 46.3 Å². The summed E-state index contributed by atoms with van der Waals surface area (Å²) in [6.07, 6.45) is 9.97. The third-order valence-electron chi connectivity index (χ3n) is 10.2. The Labute approximate surface area is 176 Å². The van der Waals surface area contributed by atoms with Crippen LogP contribution in [0.1, 0.15) is 85.0 Å². The second kappa shape index (κ2) is 7.66. The Morgan fingerprint density at radius 1 is 1.17 bits per heavy atom. The molecule has 1 N–H and O–H groups in total. The fraction of sp³-hybridized carbons (Fsp3) is 0.920. The van der Waals surface area contributed by atoms with E-state index in [0.29, 0.717) is 30.1 Å². The van der Waals surface area contributed by atoms with Gasteiger partial charge in [0.1, 0.15) is 6.10 Å². The summed E-state index contributed by atoms with van der Waals surface area (Å²) in [4.78, 5) is 25.4. The summed E-state index contributed by atoms with van der Waals surface area (Å²) in [6.45, 7) is 6.73. The van der Waals surface area contributed by atoms with Crippen LogP contribution >= 0.6 is 0 Å². The predicted octanol–water partition coefficient (Wildman–Crippen LogP) is 4.77. The molecule has 4 nitrogen and oxygen atoms in total. The maximum absolute atomic E-state index is 13.8. The minimum absolute atomic E-state index is 0.114. The Bertz CT molecular complexity index is 659. The molecule has 0 aliphatic heterocycles. The average Bonchev–Trinajstić information content (AvgIpc) is 3.07. The lowest BCUT2D eigenvalue weighted by molar-refractivity contribution is -0.184. The van der Waals surface area contributed by atoms with Crippen molar-refractivity contribution < 1.29 is 19.4 Å². The molecular weight excluding hydrogens is 364 g/mol. The molecule has 4 rings (SSSR count). The second-order valence-electron chi connectivity index (χ2n) is 11.2. The van der Waals surface area contributed by atoms with Gasteiger partial charge in [0.2, 0.25) is 0 Å². The molecule has 4 saturated carbocycles. The fourth-order valence-electron chi connectivity index (χ4n) is 8.72. The summed E-state index contributed by atoms with van der Waals surface area (Å²) >= 11 is 0. The van der Waals surface area contributed by atoms with Crippen molar-refractivity contribution >= 4 is 11.8 Å². The van der Waals surface area contributed by atoms with Crippen LogP contribution in [0.25, 0.3) is 0 Å². The van der Waals surface area contributed by atoms with Crippen LogP contribution in [0.3, 0.4) is 0 Å². The monoisotopic (exact) mass is 404 g/mol. The summed E-state index contributed by atoms with van der Waals surface area (Å²) in [5, 5.41) is 11.4. The minimum atomic E-state index is -0.805. The molecule has 4 aliphatic carbocycles. The molecule has 4 fully saturated rings. The van der Waals surface area contributed by atoms with Crippen LogP contribution in [-0.4, -0.2) is 30.1 Å². The van der Waals surface area contributed by atoms with Gasteiger partial charge in [-0.1, -0.05) is 33.6 Å². The molecular formula is C25H40O4. The van der Waals surface area contributed by atoms with E-state index in [1.54, 1.807) is 0 Å². The highest BCUT2D eigenvalue weighted by Gasteiger charge is 2.66. The summed E-state index contributed by atoms with van der Waals surface area (Å²) in [6, 6.07) is 0. The van der Waals surface area contributed by atoms with Crippen LogP contribution in [0.15, 0.2) is 0 Å². The highest BCUT2D eigenvalue weighted by molar-refractivity contribution is 5.91. The third-order valence-corrected chi connectivity index (χ3v) is 10.2. The summed E-state index contributed by atoms with van der Waals surface area (Å²) in [7, 11) is 1.43. The summed E-state index contributed by atoms with van der Waals surface area (Å²) in [5.41, 5.74) is -0.305. The first-order valence-corrected chi connectivity index (χ1v) is 12.0. The molecule has 164 valence electrons. The van der Waals surface area contributed by atoms with Crippen LogP contribution in [0.4, 0.5) is 0 Å². The summed E-state index contributed by atoms with van der Waals surface area (Å²) in [5.74, 6) is 2.20. The predicted molar refractivity (Wildman–Crippen MR) is 112 cm³/mol. The number of hydrogen-bond donors (Lipinski definition) is 1. The van der Waals surface area contributed by atoms with Crippen molar-refractivity contribution in [2.75, 3.05) is 7.11 Å². The van der Waals surface area contributed by atoms with E-state index in [1.165, 1.54) is 45.6 Å². The molecule has 0 heterocycles. The lowest BCUT2D eigenvalue weighted by Gasteiger charge is -2.61.